The molecule has 112 valence electrons. The molecule has 1 unspecified atom stereocenters. The lowest BCUT2D eigenvalue weighted by molar-refractivity contribution is -0.199. The Morgan fingerprint density at radius 1 is 1.42 bits per heavy atom. The molecule has 19 heavy (non-hydrogen) atoms. The maximum Gasteiger partial charge on any atom is 0.413 e. The molecule has 0 heterocycles. The first-order valence-electron chi connectivity index (χ1n) is 5.85. The standard InChI is InChI=1S/C11H19F3N2O2S/c1-9(7-18-2,11(12,13)14)16-8(17)15-6-10(19-3)4-5-10/h4-7H2,1-3H3,(H2,15,16,17). The van der Waals surface area contributed by atoms with Gasteiger partial charge in [-0.15, -0.1) is 0 Å². The average molecular weight is 300 g/mol. The van der Waals surface area contributed by atoms with Crippen molar-refractivity contribution in [3.8, 4) is 0 Å². The number of methoxy groups -OCH3 is 1. The van der Waals surface area contributed by atoms with Gasteiger partial charge in [-0.3, -0.25) is 0 Å². The van der Waals surface area contributed by atoms with Crippen molar-refractivity contribution in [2.24, 2.45) is 0 Å². The van der Waals surface area contributed by atoms with Crippen molar-refractivity contribution in [2.45, 2.75) is 36.2 Å². The van der Waals surface area contributed by atoms with Gasteiger partial charge >= 0.3 is 12.2 Å². The fourth-order valence-electron chi connectivity index (χ4n) is 1.61. The monoisotopic (exact) mass is 300 g/mol. The van der Waals surface area contributed by atoms with E-state index in [-0.39, 0.29) is 4.75 Å². The number of halogens is 3. The number of carbonyl (C=O) groups excluding carboxylic acids is 1. The molecule has 0 aromatic carbocycles. The number of hydrogen-bond acceptors (Lipinski definition) is 3. The molecule has 1 saturated carbocycles. The van der Waals surface area contributed by atoms with Crippen LogP contribution in [0.4, 0.5) is 18.0 Å². The number of thioether (sulfide) groups is 1. The van der Waals surface area contributed by atoms with Crippen LogP contribution in [0, 0.1) is 0 Å². The van der Waals surface area contributed by atoms with Crippen LogP contribution in [-0.2, 0) is 4.74 Å². The third-order valence-corrected chi connectivity index (χ3v) is 4.68. The summed E-state index contributed by atoms with van der Waals surface area (Å²) in [5.74, 6) is 0. The Balaban J connectivity index is 2.52. The second-order valence-corrected chi connectivity index (χ2v) is 6.23. The molecule has 8 heteroatoms. The van der Waals surface area contributed by atoms with Crippen molar-refractivity contribution in [3.05, 3.63) is 0 Å². The van der Waals surface area contributed by atoms with E-state index >= 15 is 0 Å². The molecule has 0 aliphatic heterocycles. The second-order valence-electron chi connectivity index (χ2n) is 4.96. The predicted molar refractivity (Wildman–Crippen MR) is 68.4 cm³/mol. The number of rotatable bonds is 6. The molecule has 4 nitrogen and oxygen atoms in total. The first-order chi connectivity index (χ1) is 8.68. The van der Waals surface area contributed by atoms with Crippen LogP contribution >= 0.6 is 11.8 Å². The van der Waals surface area contributed by atoms with Gasteiger partial charge in [0.2, 0.25) is 0 Å². The summed E-state index contributed by atoms with van der Waals surface area (Å²) < 4.78 is 43.2. The maximum atomic E-state index is 12.9. The smallest absolute Gasteiger partial charge is 0.382 e. The van der Waals surface area contributed by atoms with Crippen LogP contribution in [0.25, 0.3) is 0 Å². The normalized spacial score (nSPS) is 20.5. The molecule has 1 atom stereocenters. The first-order valence-corrected chi connectivity index (χ1v) is 7.07. The highest BCUT2D eigenvalue weighted by Gasteiger charge is 2.52. The largest absolute Gasteiger partial charge is 0.413 e. The number of ether oxygens (including phenoxy) is 1. The lowest BCUT2D eigenvalue weighted by atomic mass is 10.0. The number of carbonyl (C=O) groups is 1. The SMILES string of the molecule is COCC(C)(NC(=O)NCC1(SC)CC1)C(F)(F)F. The van der Waals surface area contributed by atoms with E-state index in [1.165, 1.54) is 0 Å². The Bertz CT molecular complexity index is 334. The molecule has 0 saturated heterocycles. The molecule has 0 bridgehead atoms. The number of amides is 2. The quantitative estimate of drug-likeness (QED) is 0.790. The summed E-state index contributed by atoms with van der Waals surface area (Å²) in [6, 6.07) is -0.822. The molecule has 2 N–H and O–H groups in total. The topological polar surface area (TPSA) is 50.4 Å². The molecule has 0 radical (unpaired) electrons. The lowest BCUT2D eigenvalue weighted by Crippen LogP contribution is -2.61. The zero-order valence-electron chi connectivity index (χ0n) is 11.2. The van der Waals surface area contributed by atoms with Gasteiger partial charge in [0.1, 0.15) is 0 Å². The van der Waals surface area contributed by atoms with Gasteiger partial charge in [0.05, 0.1) is 6.61 Å². The third kappa shape index (κ3) is 4.17. The minimum absolute atomic E-state index is 0.00717. The van der Waals surface area contributed by atoms with Gasteiger partial charge in [-0.1, -0.05) is 0 Å². The van der Waals surface area contributed by atoms with Crippen molar-refractivity contribution in [1.29, 1.82) is 0 Å². The summed E-state index contributed by atoms with van der Waals surface area (Å²) in [7, 11) is 1.16. The highest BCUT2D eigenvalue weighted by molar-refractivity contribution is 8.00. The van der Waals surface area contributed by atoms with Gasteiger partial charge in [-0.2, -0.15) is 24.9 Å². The minimum atomic E-state index is -4.57. The molecule has 0 spiro atoms. The van der Waals surface area contributed by atoms with E-state index in [0.717, 1.165) is 26.9 Å². The molecule has 1 rings (SSSR count). The van der Waals surface area contributed by atoms with E-state index < -0.39 is 24.4 Å². The summed E-state index contributed by atoms with van der Waals surface area (Å²) in [5, 5.41) is 4.45. The predicted octanol–water partition coefficient (Wildman–Crippen LogP) is 2.15. The van der Waals surface area contributed by atoms with Crippen molar-refractivity contribution < 1.29 is 22.7 Å². The Morgan fingerprint density at radius 3 is 2.37 bits per heavy atom. The van der Waals surface area contributed by atoms with E-state index in [9.17, 15) is 18.0 Å². The van der Waals surface area contributed by atoms with E-state index in [1.807, 2.05) is 11.6 Å². The lowest BCUT2D eigenvalue weighted by Gasteiger charge is -2.32. The average Bonchev–Trinajstić information content (AvgIpc) is 3.06. The van der Waals surface area contributed by atoms with Crippen LogP contribution in [0.1, 0.15) is 19.8 Å². The summed E-state index contributed by atoms with van der Waals surface area (Å²) in [6.45, 7) is 0.649. The highest BCUT2D eigenvalue weighted by atomic mass is 32.2. The molecule has 1 fully saturated rings. The van der Waals surface area contributed by atoms with E-state index in [2.05, 4.69) is 10.1 Å². The number of nitrogens with one attached hydrogen (secondary N) is 2. The Labute approximate surface area is 114 Å². The Morgan fingerprint density at radius 2 is 2.00 bits per heavy atom. The molecule has 1 aliphatic carbocycles. The fraction of sp³-hybridized carbons (Fsp3) is 0.909. The first kappa shape index (κ1) is 16.4. The highest BCUT2D eigenvalue weighted by Crippen LogP contribution is 2.46. The van der Waals surface area contributed by atoms with Crippen molar-refractivity contribution in [2.75, 3.05) is 26.5 Å². The van der Waals surface area contributed by atoms with Crippen LogP contribution < -0.4 is 10.6 Å². The van der Waals surface area contributed by atoms with E-state index in [0.29, 0.717) is 6.54 Å². The van der Waals surface area contributed by atoms with Crippen LogP contribution in [0.15, 0.2) is 0 Å². The van der Waals surface area contributed by atoms with Crippen molar-refractivity contribution in [3.63, 3.8) is 0 Å². The minimum Gasteiger partial charge on any atom is -0.382 e. The zero-order valence-corrected chi connectivity index (χ0v) is 12.0. The number of hydrogen-bond donors (Lipinski definition) is 2. The van der Waals surface area contributed by atoms with Crippen LogP contribution in [0.2, 0.25) is 0 Å². The number of urea groups is 1. The summed E-state index contributed by atoms with van der Waals surface area (Å²) >= 11 is 1.62. The molecular formula is C11H19F3N2O2S. The Hall–Kier alpha value is -0.630. The van der Waals surface area contributed by atoms with Gasteiger partial charge in [0.25, 0.3) is 0 Å². The summed E-state index contributed by atoms with van der Waals surface area (Å²) in [6.07, 6.45) is -0.694. The van der Waals surface area contributed by atoms with Crippen molar-refractivity contribution in [1.82, 2.24) is 10.6 Å². The van der Waals surface area contributed by atoms with Gasteiger partial charge in [-0.25, -0.2) is 4.79 Å². The second kappa shape index (κ2) is 5.78. The van der Waals surface area contributed by atoms with E-state index in [1.54, 1.807) is 11.8 Å². The molecular weight excluding hydrogens is 281 g/mol. The van der Waals surface area contributed by atoms with Gasteiger partial charge in [0.15, 0.2) is 5.54 Å². The molecule has 0 aromatic heterocycles. The van der Waals surface area contributed by atoms with Crippen LogP contribution in [-0.4, -0.2) is 49.0 Å². The maximum absolute atomic E-state index is 12.9. The van der Waals surface area contributed by atoms with Gasteiger partial charge in [0, 0.05) is 18.4 Å². The molecule has 1 aliphatic rings. The van der Waals surface area contributed by atoms with Gasteiger partial charge in [-0.05, 0) is 26.0 Å². The third-order valence-electron chi connectivity index (χ3n) is 3.26. The van der Waals surface area contributed by atoms with E-state index in [4.69, 9.17) is 0 Å². The van der Waals surface area contributed by atoms with Crippen molar-refractivity contribution >= 4 is 17.8 Å². The molecule has 0 aromatic rings. The van der Waals surface area contributed by atoms with Gasteiger partial charge < -0.3 is 15.4 Å². The van der Waals surface area contributed by atoms with Crippen LogP contribution in [0.3, 0.4) is 0 Å². The zero-order chi connectivity index (χ0) is 14.7. The summed E-state index contributed by atoms with van der Waals surface area (Å²) in [5.41, 5.74) is -2.39. The Kier molecular flexibility index (Phi) is 5.00. The number of alkyl halides is 3. The summed E-state index contributed by atoms with van der Waals surface area (Å²) in [4.78, 5) is 11.6. The fourth-order valence-corrected chi connectivity index (χ4v) is 2.33. The van der Waals surface area contributed by atoms with Crippen LogP contribution in [0.5, 0.6) is 0 Å². The molecule has 2 amide bonds.